The van der Waals surface area contributed by atoms with Gasteiger partial charge < -0.3 is 14.0 Å². The lowest BCUT2D eigenvalue weighted by molar-refractivity contribution is -0.148. The number of carbonyl (C=O) groups excluding carboxylic acids is 2. The van der Waals surface area contributed by atoms with E-state index in [0.717, 1.165) is 0 Å². The van der Waals surface area contributed by atoms with Crippen molar-refractivity contribution >= 4 is 11.9 Å². The number of esters is 2. The molecule has 100 valence electrons. The van der Waals surface area contributed by atoms with Crippen molar-refractivity contribution < 1.29 is 19.1 Å². The summed E-state index contributed by atoms with van der Waals surface area (Å²) in [6.45, 7) is 4.20. The van der Waals surface area contributed by atoms with E-state index in [2.05, 4.69) is 0 Å². The van der Waals surface area contributed by atoms with E-state index in [9.17, 15) is 9.59 Å². The fourth-order valence-electron chi connectivity index (χ4n) is 1.67. The van der Waals surface area contributed by atoms with Gasteiger partial charge in [0.05, 0.1) is 13.2 Å². The molecule has 0 saturated carbocycles. The maximum atomic E-state index is 11.8. The molecule has 0 fully saturated rings. The molecule has 0 N–H and O–H groups in total. The van der Waals surface area contributed by atoms with Crippen LogP contribution in [0.3, 0.4) is 0 Å². The van der Waals surface area contributed by atoms with Crippen molar-refractivity contribution in [2.24, 2.45) is 0 Å². The molecule has 0 spiro atoms. The number of carbonyl (C=O) groups is 2. The monoisotopic (exact) mass is 253 g/mol. The molecule has 1 atom stereocenters. The van der Waals surface area contributed by atoms with Gasteiger partial charge in [-0.15, -0.1) is 0 Å². The molecule has 5 nitrogen and oxygen atoms in total. The van der Waals surface area contributed by atoms with Crippen LogP contribution in [-0.2, 0) is 19.1 Å². The summed E-state index contributed by atoms with van der Waals surface area (Å²) >= 11 is 0. The predicted molar refractivity (Wildman–Crippen MR) is 66.0 cm³/mol. The van der Waals surface area contributed by atoms with Crippen LogP contribution in [0.15, 0.2) is 24.5 Å². The van der Waals surface area contributed by atoms with Crippen LogP contribution < -0.4 is 0 Å². The van der Waals surface area contributed by atoms with Crippen LogP contribution >= 0.6 is 0 Å². The van der Waals surface area contributed by atoms with Gasteiger partial charge in [-0.1, -0.05) is 0 Å². The Morgan fingerprint density at radius 3 is 2.28 bits per heavy atom. The molecule has 0 aromatic carbocycles. The van der Waals surface area contributed by atoms with E-state index in [0.29, 0.717) is 19.6 Å². The minimum atomic E-state index is -0.468. The van der Waals surface area contributed by atoms with Gasteiger partial charge in [0, 0.05) is 18.8 Å². The molecule has 18 heavy (non-hydrogen) atoms. The molecule has 0 aliphatic heterocycles. The molecule has 0 aliphatic carbocycles. The molecule has 1 aromatic heterocycles. The summed E-state index contributed by atoms with van der Waals surface area (Å²) in [5, 5.41) is 0. The van der Waals surface area contributed by atoms with E-state index in [-0.39, 0.29) is 18.4 Å². The summed E-state index contributed by atoms with van der Waals surface area (Å²) in [6, 6.07) is 3.19. The van der Waals surface area contributed by atoms with E-state index in [1.807, 2.05) is 12.1 Å². The first kappa shape index (κ1) is 14.3. The Morgan fingerprint density at radius 2 is 1.72 bits per heavy atom. The molecule has 0 saturated heterocycles. The molecule has 0 amide bonds. The molecule has 0 radical (unpaired) electrons. The lowest BCUT2D eigenvalue weighted by atomic mass is 10.1. The van der Waals surface area contributed by atoms with Crippen LogP contribution in [0.2, 0.25) is 0 Å². The van der Waals surface area contributed by atoms with E-state index < -0.39 is 6.04 Å². The molecule has 0 unspecified atom stereocenters. The van der Waals surface area contributed by atoms with Gasteiger partial charge in [0.25, 0.3) is 0 Å². The maximum absolute atomic E-state index is 11.8. The number of hydrogen-bond donors (Lipinski definition) is 0. The second-order valence-corrected chi connectivity index (χ2v) is 3.74. The van der Waals surface area contributed by atoms with Crippen molar-refractivity contribution in [2.75, 3.05) is 13.2 Å². The van der Waals surface area contributed by atoms with Crippen molar-refractivity contribution in [3.05, 3.63) is 24.5 Å². The first-order valence-corrected chi connectivity index (χ1v) is 6.13. The largest absolute Gasteiger partial charge is 0.466 e. The molecule has 1 rings (SSSR count). The van der Waals surface area contributed by atoms with Crippen molar-refractivity contribution in [1.29, 1.82) is 0 Å². The quantitative estimate of drug-likeness (QED) is 0.697. The van der Waals surface area contributed by atoms with Crippen LogP contribution in [0.4, 0.5) is 0 Å². The van der Waals surface area contributed by atoms with Crippen LogP contribution in [0, 0.1) is 0 Å². The lowest BCUT2D eigenvalue weighted by Crippen LogP contribution is -2.22. The van der Waals surface area contributed by atoms with Crippen LogP contribution in [0.1, 0.15) is 32.7 Å². The van der Waals surface area contributed by atoms with Crippen molar-refractivity contribution in [3.63, 3.8) is 0 Å². The predicted octanol–water partition coefficient (Wildman–Crippen LogP) is 1.94. The van der Waals surface area contributed by atoms with Crippen molar-refractivity contribution in [2.45, 2.75) is 32.7 Å². The molecule has 1 aromatic rings. The highest BCUT2D eigenvalue weighted by molar-refractivity contribution is 5.76. The number of rotatable bonds is 7. The molecule has 1 heterocycles. The van der Waals surface area contributed by atoms with Crippen molar-refractivity contribution in [1.82, 2.24) is 4.57 Å². The summed E-state index contributed by atoms with van der Waals surface area (Å²) in [5.74, 6) is -0.614. The highest BCUT2D eigenvalue weighted by Gasteiger charge is 2.22. The van der Waals surface area contributed by atoms with Crippen LogP contribution in [-0.4, -0.2) is 29.7 Å². The SMILES string of the molecule is CCOC(=O)CC[C@H](C(=O)OCC)n1cccc1. The van der Waals surface area contributed by atoms with Gasteiger partial charge in [-0.2, -0.15) is 0 Å². The summed E-state index contributed by atoms with van der Waals surface area (Å²) in [4.78, 5) is 23.1. The minimum absolute atomic E-state index is 0.204. The number of aromatic nitrogens is 1. The number of ether oxygens (including phenoxy) is 2. The summed E-state index contributed by atoms with van der Waals surface area (Å²) < 4.78 is 11.6. The minimum Gasteiger partial charge on any atom is -0.466 e. The summed E-state index contributed by atoms with van der Waals surface area (Å²) in [7, 11) is 0. The van der Waals surface area contributed by atoms with E-state index in [1.165, 1.54) is 0 Å². The van der Waals surface area contributed by atoms with Gasteiger partial charge in [0.15, 0.2) is 0 Å². The third kappa shape index (κ3) is 4.24. The van der Waals surface area contributed by atoms with Gasteiger partial charge in [-0.05, 0) is 32.4 Å². The van der Waals surface area contributed by atoms with Gasteiger partial charge >= 0.3 is 11.9 Å². The highest BCUT2D eigenvalue weighted by atomic mass is 16.5. The molecule has 0 bridgehead atoms. The Hall–Kier alpha value is -1.78. The fourth-order valence-corrected chi connectivity index (χ4v) is 1.67. The Labute approximate surface area is 107 Å². The second-order valence-electron chi connectivity index (χ2n) is 3.74. The Bertz CT molecular complexity index is 372. The average molecular weight is 253 g/mol. The zero-order valence-corrected chi connectivity index (χ0v) is 10.8. The van der Waals surface area contributed by atoms with E-state index >= 15 is 0 Å². The Balaban J connectivity index is 2.61. The van der Waals surface area contributed by atoms with Gasteiger partial charge in [0.2, 0.25) is 0 Å². The average Bonchev–Trinajstić information content (AvgIpc) is 2.83. The summed E-state index contributed by atoms with van der Waals surface area (Å²) in [5.41, 5.74) is 0. The molecule has 0 aliphatic rings. The molecule has 5 heteroatoms. The van der Waals surface area contributed by atoms with Gasteiger partial charge in [0.1, 0.15) is 6.04 Å². The topological polar surface area (TPSA) is 57.5 Å². The fraction of sp³-hybridized carbons (Fsp3) is 0.538. The van der Waals surface area contributed by atoms with Gasteiger partial charge in [-0.3, -0.25) is 4.79 Å². The maximum Gasteiger partial charge on any atom is 0.329 e. The molecular weight excluding hydrogens is 234 g/mol. The first-order chi connectivity index (χ1) is 8.69. The normalized spacial score (nSPS) is 11.9. The smallest absolute Gasteiger partial charge is 0.329 e. The zero-order valence-electron chi connectivity index (χ0n) is 10.8. The number of nitrogens with zero attached hydrogens (tertiary/aromatic N) is 1. The van der Waals surface area contributed by atoms with Crippen LogP contribution in [0.25, 0.3) is 0 Å². The second kappa shape index (κ2) is 7.53. The van der Waals surface area contributed by atoms with Gasteiger partial charge in [-0.25, -0.2) is 4.79 Å². The third-order valence-electron chi connectivity index (χ3n) is 2.47. The first-order valence-electron chi connectivity index (χ1n) is 6.13. The van der Waals surface area contributed by atoms with E-state index in [1.54, 1.807) is 30.8 Å². The zero-order chi connectivity index (χ0) is 13.4. The Morgan fingerprint density at radius 1 is 1.11 bits per heavy atom. The lowest BCUT2D eigenvalue weighted by Gasteiger charge is -2.16. The molecular formula is C13H19NO4. The highest BCUT2D eigenvalue weighted by Crippen LogP contribution is 2.16. The van der Waals surface area contributed by atoms with Crippen LogP contribution in [0.5, 0.6) is 0 Å². The van der Waals surface area contributed by atoms with Crippen molar-refractivity contribution in [3.8, 4) is 0 Å². The standard InChI is InChI=1S/C13H19NO4/c1-3-17-12(15)8-7-11(13(16)18-4-2)14-9-5-6-10-14/h5-6,9-11H,3-4,7-8H2,1-2H3/t11-/m1/s1. The van der Waals surface area contributed by atoms with E-state index in [4.69, 9.17) is 9.47 Å². The summed E-state index contributed by atoms with van der Waals surface area (Å²) in [6.07, 6.45) is 4.15. The Kier molecular flexibility index (Phi) is 5.97. The number of hydrogen-bond acceptors (Lipinski definition) is 4. The third-order valence-corrected chi connectivity index (χ3v) is 2.47.